The monoisotopic (exact) mass is 500 g/mol. The van der Waals surface area contributed by atoms with Gasteiger partial charge in [0, 0.05) is 42.0 Å². The molecule has 0 heterocycles. The standard InChI is InChI=1S/C31H36N2O2S/c1-3-36-30-14-4-22(5-15-30)21-32-31(34)25-10-12-28(13-11-25)33(16-17-35-2)29-19-26(23-6-7-23)18-27(20-29)24-8-9-24/h4-5,10-15,18-20,23-24H,3,6-9,16-17,21H2,1-2H3,(H,32,34). The maximum atomic E-state index is 12.8. The Hall–Kier alpha value is -2.76. The molecule has 1 amide bonds. The Kier molecular flexibility index (Phi) is 7.98. The second-order valence-electron chi connectivity index (χ2n) is 9.86. The van der Waals surface area contributed by atoms with E-state index in [2.05, 4.69) is 71.7 Å². The van der Waals surface area contributed by atoms with Crippen molar-refractivity contribution in [1.82, 2.24) is 5.32 Å². The fraction of sp³-hybridized carbons (Fsp3) is 0.387. The van der Waals surface area contributed by atoms with Crippen LogP contribution in [0.25, 0.3) is 0 Å². The molecule has 1 N–H and O–H groups in total. The van der Waals surface area contributed by atoms with E-state index in [1.807, 2.05) is 23.9 Å². The molecule has 2 fully saturated rings. The highest BCUT2D eigenvalue weighted by Crippen LogP contribution is 2.47. The first kappa shape index (κ1) is 24.9. The van der Waals surface area contributed by atoms with E-state index in [0.717, 1.165) is 35.4 Å². The SMILES string of the molecule is CCSc1ccc(CNC(=O)c2ccc(N(CCOC)c3cc(C4CC4)cc(C4CC4)c3)cc2)cc1. The molecule has 4 nitrogen and oxygen atoms in total. The van der Waals surface area contributed by atoms with Crippen LogP contribution in [0, 0.1) is 0 Å². The van der Waals surface area contributed by atoms with E-state index in [1.54, 1.807) is 7.11 Å². The van der Waals surface area contributed by atoms with Gasteiger partial charge in [-0.3, -0.25) is 4.79 Å². The Morgan fingerprint density at radius 2 is 1.56 bits per heavy atom. The van der Waals surface area contributed by atoms with Crippen molar-refractivity contribution in [1.29, 1.82) is 0 Å². The van der Waals surface area contributed by atoms with Crippen molar-refractivity contribution >= 4 is 29.0 Å². The number of nitrogens with one attached hydrogen (secondary N) is 1. The maximum Gasteiger partial charge on any atom is 0.251 e. The van der Waals surface area contributed by atoms with Crippen LogP contribution in [0.4, 0.5) is 11.4 Å². The first-order valence-corrected chi connectivity index (χ1v) is 14.1. The molecule has 5 heteroatoms. The van der Waals surface area contributed by atoms with Crippen molar-refractivity contribution in [2.24, 2.45) is 0 Å². The number of thioether (sulfide) groups is 1. The minimum atomic E-state index is -0.0521. The van der Waals surface area contributed by atoms with Gasteiger partial charge >= 0.3 is 0 Å². The fourth-order valence-corrected chi connectivity index (χ4v) is 5.32. The van der Waals surface area contributed by atoms with Gasteiger partial charge in [-0.25, -0.2) is 0 Å². The van der Waals surface area contributed by atoms with Gasteiger partial charge in [0.2, 0.25) is 0 Å². The largest absolute Gasteiger partial charge is 0.383 e. The van der Waals surface area contributed by atoms with E-state index in [1.165, 1.54) is 47.4 Å². The van der Waals surface area contributed by atoms with Crippen LogP contribution in [0.3, 0.4) is 0 Å². The molecule has 36 heavy (non-hydrogen) atoms. The lowest BCUT2D eigenvalue weighted by atomic mass is 10.0. The van der Waals surface area contributed by atoms with Crippen molar-refractivity contribution in [2.75, 3.05) is 30.9 Å². The van der Waals surface area contributed by atoms with Crippen LogP contribution in [-0.4, -0.2) is 31.9 Å². The van der Waals surface area contributed by atoms with Crippen LogP contribution in [0.1, 0.15) is 71.5 Å². The van der Waals surface area contributed by atoms with Gasteiger partial charge in [-0.1, -0.05) is 25.1 Å². The molecule has 0 spiro atoms. The molecule has 0 bridgehead atoms. The zero-order valence-corrected chi connectivity index (χ0v) is 22.2. The van der Waals surface area contributed by atoms with Crippen molar-refractivity contribution in [3.8, 4) is 0 Å². The number of benzene rings is 3. The second kappa shape index (κ2) is 11.5. The van der Waals surface area contributed by atoms with Crippen molar-refractivity contribution in [3.05, 3.63) is 89.0 Å². The lowest BCUT2D eigenvalue weighted by Crippen LogP contribution is -2.24. The minimum Gasteiger partial charge on any atom is -0.383 e. The molecule has 0 unspecified atom stereocenters. The van der Waals surface area contributed by atoms with Gasteiger partial charge in [-0.15, -0.1) is 11.8 Å². The van der Waals surface area contributed by atoms with E-state index in [9.17, 15) is 4.79 Å². The number of carbonyl (C=O) groups excluding carboxylic acids is 1. The van der Waals surface area contributed by atoms with Gasteiger partial charge < -0.3 is 15.0 Å². The third-order valence-corrected chi connectivity index (χ3v) is 7.91. The Morgan fingerprint density at radius 1 is 0.917 bits per heavy atom. The molecule has 0 atom stereocenters. The lowest BCUT2D eigenvalue weighted by Gasteiger charge is -2.26. The van der Waals surface area contributed by atoms with Crippen LogP contribution in [0.2, 0.25) is 0 Å². The molecule has 5 rings (SSSR count). The molecular weight excluding hydrogens is 464 g/mol. The Bertz CT molecular complexity index is 1140. The molecule has 0 saturated heterocycles. The Balaban J connectivity index is 1.29. The van der Waals surface area contributed by atoms with E-state index in [4.69, 9.17) is 4.74 Å². The molecule has 0 aromatic heterocycles. The minimum absolute atomic E-state index is 0.0521. The number of anilines is 2. The summed E-state index contributed by atoms with van der Waals surface area (Å²) in [5.41, 5.74) is 7.06. The van der Waals surface area contributed by atoms with Gasteiger partial charge in [0.05, 0.1) is 6.61 Å². The zero-order valence-electron chi connectivity index (χ0n) is 21.3. The quantitative estimate of drug-likeness (QED) is 0.266. The molecule has 0 aliphatic heterocycles. The molecule has 3 aromatic rings. The summed E-state index contributed by atoms with van der Waals surface area (Å²) >= 11 is 1.82. The van der Waals surface area contributed by atoms with E-state index >= 15 is 0 Å². The number of rotatable bonds is 12. The number of hydrogen-bond acceptors (Lipinski definition) is 4. The number of amides is 1. The normalized spacial score (nSPS) is 15.1. The summed E-state index contributed by atoms with van der Waals surface area (Å²) < 4.78 is 5.45. The van der Waals surface area contributed by atoms with Crippen LogP contribution < -0.4 is 10.2 Å². The highest BCUT2D eigenvalue weighted by molar-refractivity contribution is 7.99. The molecule has 2 saturated carbocycles. The van der Waals surface area contributed by atoms with Crippen LogP contribution in [-0.2, 0) is 11.3 Å². The number of ether oxygens (including phenoxy) is 1. The maximum absolute atomic E-state index is 12.8. The average molecular weight is 501 g/mol. The molecule has 0 radical (unpaired) electrons. The van der Waals surface area contributed by atoms with Gasteiger partial charge in [-0.2, -0.15) is 0 Å². The molecular formula is C31H36N2O2S. The Labute approximate surface area is 219 Å². The van der Waals surface area contributed by atoms with Crippen molar-refractivity contribution in [3.63, 3.8) is 0 Å². The van der Waals surface area contributed by atoms with E-state index < -0.39 is 0 Å². The smallest absolute Gasteiger partial charge is 0.251 e. The number of nitrogens with zero attached hydrogens (tertiary/aromatic N) is 1. The molecule has 3 aromatic carbocycles. The van der Waals surface area contributed by atoms with Gasteiger partial charge in [-0.05, 0) is 108 Å². The number of carbonyl (C=O) groups is 1. The van der Waals surface area contributed by atoms with Crippen molar-refractivity contribution < 1.29 is 9.53 Å². The lowest BCUT2D eigenvalue weighted by molar-refractivity contribution is 0.0951. The second-order valence-corrected chi connectivity index (χ2v) is 11.2. The highest BCUT2D eigenvalue weighted by atomic mass is 32.2. The summed E-state index contributed by atoms with van der Waals surface area (Å²) in [6, 6.07) is 23.5. The summed E-state index contributed by atoms with van der Waals surface area (Å²) in [6.07, 6.45) is 5.21. The summed E-state index contributed by atoms with van der Waals surface area (Å²) in [5.74, 6) is 2.45. The fourth-order valence-electron chi connectivity index (χ4n) is 4.66. The van der Waals surface area contributed by atoms with Crippen LogP contribution >= 0.6 is 11.8 Å². The first-order chi connectivity index (χ1) is 17.6. The first-order valence-electron chi connectivity index (χ1n) is 13.2. The topological polar surface area (TPSA) is 41.6 Å². The van der Waals surface area contributed by atoms with Crippen LogP contribution in [0.15, 0.2) is 71.6 Å². The molecule has 2 aliphatic carbocycles. The zero-order chi connectivity index (χ0) is 24.9. The predicted octanol–water partition coefficient (Wildman–Crippen LogP) is 7.27. The third kappa shape index (κ3) is 6.32. The average Bonchev–Trinajstić information content (AvgIpc) is 3.82. The summed E-state index contributed by atoms with van der Waals surface area (Å²) in [5, 5.41) is 3.06. The van der Waals surface area contributed by atoms with Gasteiger partial charge in [0.25, 0.3) is 5.91 Å². The van der Waals surface area contributed by atoms with Gasteiger partial charge in [0.15, 0.2) is 0 Å². The van der Waals surface area contributed by atoms with E-state index in [0.29, 0.717) is 18.7 Å². The number of hydrogen-bond donors (Lipinski definition) is 1. The summed E-state index contributed by atoms with van der Waals surface area (Å²) in [6.45, 7) is 4.09. The van der Waals surface area contributed by atoms with Gasteiger partial charge in [0.1, 0.15) is 0 Å². The summed E-state index contributed by atoms with van der Waals surface area (Å²) in [7, 11) is 1.75. The predicted molar refractivity (Wildman–Crippen MR) is 150 cm³/mol. The van der Waals surface area contributed by atoms with Crippen molar-refractivity contribution in [2.45, 2.75) is 55.9 Å². The van der Waals surface area contributed by atoms with E-state index in [-0.39, 0.29) is 5.91 Å². The highest BCUT2D eigenvalue weighted by Gasteiger charge is 2.29. The Morgan fingerprint density at radius 3 is 2.11 bits per heavy atom. The summed E-state index contributed by atoms with van der Waals surface area (Å²) in [4.78, 5) is 16.4. The molecule has 188 valence electrons. The number of methoxy groups -OCH3 is 1. The van der Waals surface area contributed by atoms with Crippen LogP contribution in [0.5, 0.6) is 0 Å². The third-order valence-electron chi connectivity index (χ3n) is 7.02. The molecule has 2 aliphatic rings.